The summed E-state index contributed by atoms with van der Waals surface area (Å²) in [6, 6.07) is 12.3. The number of nitrogens with one attached hydrogen (secondary N) is 1. The molecule has 0 bridgehead atoms. The lowest BCUT2D eigenvalue weighted by atomic mass is 10.2. The Bertz CT molecular complexity index is 633. The number of rotatable bonds is 5. The first-order valence-electron chi connectivity index (χ1n) is 6.47. The average Bonchev–Trinajstić information content (AvgIpc) is 2.47. The van der Waals surface area contributed by atoms with Gasteiger partial charge in [-0.05, 0) is 36.8 Å². The second-order valence-electron chi connectivity index (χ2n) is 4.55. The maximum Gasteiger partial charge on any atom is 0.237 e. The highest BCUT2D eigenvalue weighted by atomic mass is 32.2. The fraction of sp³-hybridized carbons (Fsp3) is 0.188. The maximum atomic E-state index is 13.4. The Balaban J connectivity index is 1.90. The van der Waals surface area contributed by atoms with Crippen molar-refractivity contribution in [2.75, 3.05) is 5.32 Å². The van der Waals surface area contributed by atoms with Gasteiger partial charge in [-0.15, -0.1) is 11.8 Å². The van der Waals surface area contributed by atoms with Crippen LogP contribution in [0.4, 0.5) is 14.5 Å². The standard InChI is InChI=1S/C16H15F2NOS/c1-11(21-10-12-5-4-6-13(17)9-12)16(20)19-15-8-3-2-7-14(15)18/h2-9,11H,10H2,1H3,(H,19,20)/t11-/m0/s1. The minimum Gasteiger partial charge on any atom is -0.323 e. The van der Waals surface area contributed by atoms with Gasteiger partial charge in [-0.2, -0.15) is 0 Å². The molecule has 1 atom stereocenters. The fourth-order valence-corrected chi connectivity index (χ4v) is 2.55. The van der Waals surface area contributed by atoms with Crippen LogP contribution in [0.1, 0.15) is 12.5 Å². The Kier molecular flexibility index (Phi) is 5.33. The van der Waals surface area contributed by atoms with E-state index in [9.17, 15) is 13.6 Å². The lowest BCUT2D eigenvalue weighted by molar-refractivity contribution is -0.115. The zero-order valence-electron chi connectivity index (χ0n) is 11.5. The average molecular weight is 307 g/mol. The van der Waals surface area contributed by atoms with Gasteiger partial charge >= 0.3 is 0 Å². The van der Waals surface area contributed by atoms with Crippen molar-refractivity contribution < 1.29 is 13.6 Å². The molecule has 1 amide bonds. The van der Waals surface area contributed by atoms with Gasteiger partial charge in [0.1, 0.15) is 11.6 Å². The van der Waals surface area contributed by atoms with E-state index in [1.807, 2.05) is 0 Å². The third-order valence-electron chi connectivity index (χ3n) is 2.89. The predicted octanol–water partition coefficient (Wildman–Crippen LogP) is 4.23. The predicted molar refractivity (Wildman–Crippen MR) is 82.2 cm³/mol. The van der Waals surface area contributed by atoms with E-state index in [4.69, 9.17) is 0 Å². The largest absolute Gasteiger partial charge is 0.323 e. The molecule has 5 heteroatoms. The van der Waals surface area contributed by atoms with Crippen LogP contribution in [0.3, 0.4) is 0 Å². The number of para-hydroxylation sites is 1. The highest BCUT2D eigenvalue weighted by Gasteiger charge is 2.15. The summed E-state index contributed by atoms with van der Waals surface area (Å²) in [7, 11) is 0. The molecule has 0 unspecified atom stereocenters. The molecule has 21 heavy (non-hydrogen) atoms. The lowest BCUT2D eigenvalue weighted by Gasteiger charge is -2.12. The summed E-state index contributed by atoms with van der Waals surface area (Å²) >= 11 is 1.37. The Morgan fingerprint density at radius 1 is 1.19 bits per heavy atom. The summed E-state index contributed by atoms with van der Waals surface area (Å²) < 4.78 is 26.5. The van der Waals surface area contributed by atoms with Gasteiger partial charge in [0.25, 0.3) is 0 Å². The van der Waals surface area contributed by atoms with Crippen molar-refractivity contribution in [1.29, 1.82) is 0 Å². The number of carbonyl (C=O) groups excluding carboxylic acids is 1. The molecule has 0 fully saturated rings. The normalized spacial score (nSPS) is 12.0. The molecule has 2 rings (SSSR count). The first kappa shape index (κ1) is 15.5. The monoisotopic (exact) mass is 307 g/mol. The van der Waals surface area contributed by atoms with E-state index in [1.165, 1.54) is 36.0 Å². The summed E-state index contributed by atoms with van der Waals surface area (Å²) in [5, 5.41) is 2.18. The van der Waals surface area contributed by atoms with Crippen LogP contribution >= 0.6 is 11.8 Å². The van der Waals surface area contributed by atoms with E-state index in [2.05, 4.69) is 5.32 Å². The van der Waals surface area contributed by atoms with E-state index in [1.54, 1.807) is 31.2 Å². The van der Waals surface area contributed by atoms with Crippen LogP contribution in [0.15, 0.2) is 48.5 Å². The van der Waals surface area contributed by atoms with Crippen molar-refractivity contribution in [2.45, 2.75) is 17.9 Å². The third kappa shape index (κ3) is 4.56. The van der Waals surface area contributed by atoms with Crippen molar-refractivity contribution in [1.82, 2.24) is 0 Å². The van der Waals surface area contributed by atoms with Crippen LogP contribution in [-0.2, 0) is 10.5 Å². The van der Waals surface area contributed by atoms with E-state index < -0.39 is 5.82 Å². The van der Waals surface area contributed by atoms with Crippen LogP contribution in [0.2, 0.25) is 0 Å². The van der Waals surface area contributed by atoms with Crippen LogP contribution in [0.5, 0.6) is 0 Å². The molecule has 0 aliphatic rings. The summed E-state index contributed by atoms with van der Waals surface area (Å²) in [5.74, 6) is -0.518. The highest BCUT2D eigenvalue weighted by molar-refractivity contribution is 7.99. The van der Waals surface area contributed by atoms with Crippen molar-refractivity contribution in [3.8, 4) is 0 Å². The highest BCUT2D eigenvalue weighted by Crippen LogP contribution is 2.20. The van der Waals surface area contributed by atoms with Gasteiger partial charge in [-0.1, -0.05) is 24.3 Å². The zero-order chi connectivity index (χ0) is 15.2. The van der Waals surface area contributed by atoms with Crippen molar-refractivity contribution in [3.05, 3.63) is 65.7 Å². The molecule has 0 heterocycles. The number of halogens is 2. The molecule has 1 N–H and O–H groups in total. The van der Waals surface area contributed by atoms with Gasteiger partial charge in [-0.25, -0.2) is 8.78 Å². The van der Waals surface area contributed by atoms with E-state index in [0.29, 0.717) is 5.75 Å². The first-order chi connectivity index (χ1) is 10.1. The Morgan fingerprint density at radius 3 is 2.67 bits per heavy atom. The summed E-state index contributed by atoms with van der Waals surface area (Å²) in [6.07, 6.45) is 0. The van der Waals surface area contributed by atoms with Crippen molar-refractivity contribution in [2.24, 2.45) is 0 Å². The van der Waals surface area contributed by atoms with Gasteiger partial charge in [0.15, 0.2) is 0 Å². The molecule has 2 aromatic rings. The molecule has 2 nitrogen and oxygen atoms in total. The second kappa shape index (κ2) is 7.22. The number of amides is 1. The molecule has 0 saturated carbocycles. The SMILES string of the molecule is C[C@H](SCc1cccc(F)c1)C(=O)Nc1ccccc1F. The molecule has 0 spiro atoms. The molecule has 2 aromatic carbocycles. The number of hydrogen-bond acceptors (Lipinski definition) is 2. The van der Waals surface area contributed by atoms with Crippen LogP contribution < -0.4 is 5.32 Å². The molecule has 0 radical (unpaired) electrons. The van der Waals surface area contributed by atoms with Crippen LogP contribution in [0.25, 0.3) is 0 Å². The molecule has 0 aliphatic heterocycles. The van der Waals surface area contributed by atoms with E-state index >= 15 is 0 Å². The summed E-state index contributed by atoms with van der Waals surface area (Å²) in [6.45, 7) is 1.74. The third-order valence-corrected chi connectivity index (χ3v) is 4.10. The molecule has 0 aliphatic carbocycles. The number of hydrogen-bond donors (Lipinski definition) is 1. The molecular formula is C16H15F2NOS. The van der Waals surface area contributed by atoms with Crippen LogP contribution in [-0.4, -0.2) is 11.2 Å². The molecule has 0 saturated heterocycles. The minimum atomic E-state index is -0.465. The second-order valence-corrected chi connectivity index (χ2v) is 5.88. The number of benzene rings is 2. The molecular weight excluding hydrogens is 292 g/mol. The van der Waals surface area contributed by atoms with Gasteiger partial charge in [0.05, 0.1) is 10.9 Å². The quantitative estimate of drug-likeness (QED) is 0.896. The first-order valence-corrected chi connectivity index (χ1v) is 7.52. The molecule has 110 valence electrons. The van der Waals surface area contributed by atoms with Crippen molar-refractivity contribution in [3.63, 3.8) is 0 Å². The Morgan fingerprint density at radius 2 is 1.95 bits per heavy atom. The smallest absolute Gasteiger partial charge is 0.237 e. The number of thioether (sulfide) groups is 1. The van der Waals surface area contributed by atoms with Gasteiger partial charge in [0.2, 0.25) is 5.91 Å². The maximum absolute atomic E-state index is 13.4. The van der Waals surface area contributed by atoms with Gasteiger partial charge in [-0.3, -0.25) is 4.79 Å². The van der Waals surface area contributed by atoms with Gasteiger partial charge < -0.3 is 5.32 Å². The summed E-state index contributed by atoms with van der Waals surface area (Å²) in [5.41, 5.74) is 0.978. The van der Waals surface area contributed by atoms with Crippen LogP contribution in [0, 0.1) is 11.6 Å². The van der Waals surface area contributed by atoms with E-state index in [-0.39, 0.29) is 22.7 Å². The lowest BCUT2D eigenvalue weighted by Crippen LogP contribution is -2.23. The zero-order valence-corrected chi connectivity index (χ0v) is 12.3. The number of anilines is 1. The fourth-order valence-electron chi connectivity index (χ4n) is 1.72. The van der Waals surface area contributed by atoms with Crippen molar-refractivity contribution >= 4 is 23.4 Å². The summed E-state index contributed by atoms with van der Waals surface area (Å²) in [4.78, 5) is 12.0. The van der Waals surface area contributed by atoms with E-state index in [0.717, 1.165) is 5.56 Å². The topological polar surface area (TPSA) is 29.1 Å². The number of carbonyl (C=O) groups is 1. The molecule has 0 aromatic heterocycles. The van der Waals surface area contributed by atoms with Gasteiger partial charge in [0, 0.05) is 5.75 Å². The Labute approximate surface area is 126 Å². The minimum absolute atomic E-state index is 0.167. The Hall–Kier alpha value is -1.88.